The molecule has 2 nitrogen and oxygen atoms in total. The van der Waals surface area contributed by atoms with Gasteiger partial charge < -0.3 is 5.32 Å². The van der Waals surface area contributed by atoms with Gasteiger partial charge >= 0.3 is 0 Å². The Bertz CT molecular complexity index is 167. The van der Waals surface area contributed by atoms with Gasteiger partial charge in [0.25, 0.3) is 0 Å². The Balaban J connectivity index is 2.59. The molecule has 1 fully saturated rings. The van der Waals surface area contributed by atoms with E-state index in [1.807, 2.05) is 5.32 Å². The Kier molecular flexibility index (Phi) is 2.70. The fourth-order valence-corrected chi connectivity index (χ4v) is 3.03. The van der Waals surface area contributed by atoms with Crippen LogP contribution in [0.15, 0.2) is 0 Å². The maximum absolute atomic E-state index is 11.5. The number of rotatable bonds is 1. The highest BCUT2D eigenvalue weighted by molar-refractivity contribution is 7.86. The summed E-state index contributed by atoms with van der Waals surface area (Å²) in [4.78, 5) is 0. The van der Waals surface area contributed by atoms with Gasteiger partial charge in [0.05, 0.1) is 6.04 Å². The van der Waals surface area contributed by atoms with E-state index >= 15 is 0 Å². The van der Waals surface area contributed by atoms with Gasteiger partial charge in [-0.2, -0.15) is 7.05 Å². The zero-order chi connectivity index (χ0) is 8.48. The summed E-state index contributed by atoms with van der Waals surface area (Å²) in [5.74, 6) is 0.851. The summed E-state index contributed by atoms with van der Waals surface area (Å²) in [5, 5.41) is 2.00. The van der Waals surface area contributed by atoms with Crippen molar-refractivity contribution in [3.63, 3.8) is 0 Å². The highest BCUT2D eigenvalue weighted by atomic mass is 32.2. The van der Waals surface area contributed by atoms with Crippen LogP contribution in [0.5, 0.6) is 0 Å². The third-order valence-corrected chi connectivity index (χ3v) is 4.38. The molecule has 1 heterocycles. The number of hydrogen-bond acceptors (Lipinski definition) is 1. The van der Waals surface area contributed by atoms with Gasteiger partial charge in [0.1, 0.15) is 0 Å². The van der Waals surface area contributed by atoms with E-state index in [0.717, 1.165) is 18.6 Å². The van der Waals surface area contributed by atoms with E-state index in [1.165, 1.54) is 0 Å². The van der Waals surface area contributed by atoms with Crippen LogP contribution in [0.4, 0.5) is 0 Å². The Morgan fingerprint density at radius 3 is 2.73 bits per heavy atom. The molecule has 2 N–H and O–H groups in total. The van der Waals surface area contributed by atoms with Gasteiger partial charge in [-0.15, -0.1) is 0 Å². The molecule has 2 unspecified atom stereocenters. The Morgan fingerprint density at radius 1 is 1.64 bits per heavy atom. The second-order valence-corrected chi connectivity index (χ2v) is 6.00. The van der Waals surface area contributed by atoms with Crippen LogP contribution in [-0.4, -0.2) is 20.8 Å². The van der Waals surface area contributed by atoms with E-state index in [-0.39, 0.29) is 4.75 Å². The molecule has 1 saturated heterocycles. The summed E-state index contributed by atoms with van der Waals surface area (Å²) in [6.07, 6.45) is 2.09. The first-order valence-electron chi connectivity index (χ1n) is 4.07. The fraction of sp³-hybridized carbons (Fsp3) is 0.875. The number of nitrogens with two attached hydrogens (primary N) is 1. The van der Waals surface area contributed by atoms with Crippen molar-refractivity contribution in [2.45, 2.75) is 37.5 Å². The molecule has 66 valence electrons. The van der Waals surface area contributed by atoms with Crippen LogP contribution in [0.1, 0.15) is 26.7 Å². The molecule has 0 radical (unpaired) electrons. The molecule has 1 aliphatic heterocycles. The topological polar surface area (TPSA) is 33.7 Å². The van der Waals surface area contributed by atoms with E-state index in [0.29, 0.717) is 6.04 Å². The smallest absolute Gasteiger partial charge is 0.0643 e. The van der Waals surface area contributed by atoms with Crippen LogP contribution in [0.2, 0.25) is 0 Å². The molecule has 1 rings (SSSR count). The molecule has 11 heavy (non-hydrogen) atoms. The maximum atomic E-state index is 11.5. The first-order chi connectivity index (χ1) is 5.06. The summed E-state index contributed by atoms with van der Waals surface area (Å²) in [7, 11) is 3.16. The summed E-state index contributed by atoms with van der Waals surface area (Å²) in [5.41, 5.74) is 0. The minimum absolute atomic E-state index is 0.0110. The van der Waals surface area contributed by atoms with Crippen LogP contribution in [0, 0.1) is 7.05 Å². The standard InChI is InChI=1S/C8H17NOS/c1-8(2)6-7(9-3)4-5-11(8)10/h7H,3-6,9H2,1-2H3. The van der Waals surface area contributed by atoms with Crippen molar-refractivity contribution in [2.24, 2.45) is 0 Å². The minimum Gasteiger partial charge on any atom is -0.476 e. The van der Waals surface area contributed by atoms with Crippen molar-refractivity contribution in [3.05, 3.63) is 7.05 Å². The summed E-state index contributed by atoms with van der Waals surface area (Å²) in [6, 6.07) is 0.586. The van der Waals surface area contributed by atoms with Gasteiger partial charge in [-0.25, -0.2) is 0 Å². The lowest BCUT2D eigenvalue weighted by molar-refractivity contribution is -0.635. The van der Waals surface area contributed by atoms with Gasteiger partial charge in [-0.1, -0.05) is 0 Å². The van der Waals surface area contributed by atoms with Crippen molar-refractivity contribution in [2.75, 3.05) is 5.75 Å². The average molecular weight is 175 g/mol. The lowest BCUT2D eigenvalue weighted by Crippen LogP contribution is -2.85. The first-order valence-corrected chi connectivity index (χ1v) is 5.39. The largest absolute Gasteiger partial charge is 0.476 e. The van der Waals surface area contributed by atoms with Crippen LogP contribution in [0.3, 0.4) is 0 Å². The van der Waals surface area contributed by atoms with E-state index < -0.39 is 10.8 Å². The quantitative estimate of drug-likeness (QED) is 0.561. The predicted molar refractivity (Wildman–Crippen MR) is 47.4 cm³/mol. The lowest BCUT2D eigenvalue weighted by Gasteiger charge is -2.33. The molecule has 0 bridgehead atoms. The normalized spacial score (nSPS) is 37.0. The zero-order valence-corrected chi connectivity index (χ0v) is 8.12. The Labute approximate surface area is 71.2 Å². The number of quaternary nitrogens is 1. The average Bonchev–Trinajstić information content (AvgIpc) is 1.95. The molecule has 2 atom stereocenters. The predicted octanol–water partition coefficient (Wildman–Crippen LogP) is 0.0311. The molecular weight excluding hydrogens is 158 g/mol. The molecular formula is C8H17NOS. The van der Waals surface area contributed by atoms with Crippen molar-refractivity contribution in [1.82, 2.24) is 0 Å². The molecule has 1 aliphatic rings. The molecule has 0 spiro atoms. The third-order valence-electron chi connectivity index (χ3n) is 2.38. The van der Waals surface area contributed by atoms with Crippen molar-refractivity contribution in [3.8, 4) is 0 Å². The van der Waals surface area contributed by atoms with Crippen LogP contribution in [-0.2, 0) is 10.8 Å². The van der Waals surface area contributed by atoms with Crippen LogP contribution in [0.25, 0.3) is 0 Å². The molecule has 0 aliphatic carbocycles. The van der Waals surface area contributed by atoms with Crippen LogP contribution >= 0.6 is 0 Å². The Hall–Kier alpha value is 0.110. The van der Waals surface area contributed by atoms with Crippen LogP contribution < -0.4 is 5.32 Å². The van der Waals surface area contributed by atoms with Gasteiger partial charge in [0.15, 0.2) is 0 Å². The summed E-state index contributed by atoms with van der Waals surface area (Å²) < 4.78 is 11.5. The van der Waals surface area contributed by atoms with E-state index in [2.05, 4.69) is 20.9 Å². The summed E-state index contributed by atoms with van der Waals surface area (Å²) >= 11 is 0. The molecule has 0 aromatic carbocycles. The SMILES string of the molecule is [CH2-][NH2+]C1CCS(=O)C(C)(C)C1. The third kappa shape index (κ3) is 2.03. The molecule has 0 aromatic heterocycles. The van der Waals surface area contributed by atoms with Gasteiger partial charge in [0, 0.05) is 34.1 Å². The lowest BCUT2D eigenvalue weighted by atomic mass is 10.0. The Morgan fingerprint density at radius 2 is 2.27 bits per heavy atom. The molecule has 0 aromatic rings. The second-order valence-electron chi connectivity index (χ2n) is 3.80. The number of hydrogen-bond donors (Lipinski definition) is 1. The molecule has 0 amide bonds. The van der Waals surface area contributed by atoms with E-state index in [1.54, 1.807) is 0 Å². The highest BCUT2D eigenvalue weighted by Gasteiger charge is 2.34. The summed E-state index contributed by atoms with van der Waals surface area (Å²) in [6.45, 7) is 4.16. The van der Waals surface area contributed by atoms with Gasteiger partial charge in [-0.05, 0) is 13.8 Å². The van der Waals surface area contributed by atoms with Gasteiger partial charge in [-0.3, -0.25) is 4.21 Å². The second kappa shape index (κ2) is 3.23. The maximum Gasteiger partial charge on any atom is 0.0643 e. The van der Waals surface area contributed by atoms with E-state index in [9.17, 15) is 4.21 Å². The van der Waals surface area contributed by atoms with Gasteiger partial charge in [0.2, 0.25) is 0 Å². The zero-order valence-electron chi connectivity index (χ0n) is 7.30. The van der Waals surface area contributed by atoms with Crippen molar-refractivity contribution in [1.29, 1.82) is 0 Å². The highest BCUT2D eigenvalue weighted by Crippen LogP contribution is 2.25. The molecule has 3 heteroatoms. The van der Waals surface area contributed by atoms with E-state index in [4.69, 9.17) is 0 Å². The first kappa shape index (κ1) is 9.20. The molecule has 0 saturated carbocycles. The monoisotopic (exact) mass is 175 g/mol. The van der Waals surface area contributed by atoms with Crippen molar-refractivity contribution < 1.29 is 9.53 Å². The van der Waals surface area contributed by atoms with Crippen molar-refractivity contribution >= 4 is 10.8 Å². The fourth-order valence-electron chi connectivity index (χ4n) is 1.56. The minimum atomic E-state index is -0.621.